The van der Waals surface area contributed by atoms with Gasteiger partial charge in [0.1, 0.15) is 0 Å². The Hall–Kier alpha value is -1.24. The van der Waals surface area contributed by atoms with Crippen molar-refractivity contribution in [1.29, 1.82) is 0 Å². The van der Waals surface area contributed by atoms with Gasteiger partial charge in [0.25, 0.3) is 0 Å². The first-order chi connectivity index (χ1) is 11.0. The van der Waals surface area contributed by atoms with Crippen molar-refractivity contribution in [2.45, 2.75) is 41.9 Å². The molecular formula is C15H15Cl2N3O2S. The number of nitrogens with zero attached hydrogens (tertiary/aromatic N) is 2. The van der Waals surface area contributed by atoms with Crippen LogP contribution < -0.4 is 0 Å². The molecule has 0 bridgehead atoms. The van der Waals surface area contributed by atoms with Crippen molar-refractivity contribution in [3.8, 4) is 0 Å². The van der Waals surface area contributed by atoms with Crippen molar-refractivity contribution in [3.05, 3.63) is 39.5 Å². The molecule has 0 radical (unpaired) electrons. The molecular weight excluding hydrogens is 357 g/mol. The van der Waals surface area contributed by atoms with E-state index in [1.807, 2.05) is 12.1 Å². The lowest BCUT2D eigenvalue weighted by molar-refractivity contribution is 0.0686. The predicted molar refractivity (Wildman–Crippen MR) is 90.7 cm³/mol. The number of aromatic nitrogens is 3. The molecule has 1 fully saturated rings. The molecule has 1 aromatic heterocycles. The summed E-state index contributed by atoms with van der Waals surface area (Å²) < 4.78 is 0. The maximum absolute atomic E-state index is 11.1. The van der Waals surface area contributed by atoms with Gasteiger partial charge in [-0.2, -0.15) is 5.21 Å². The Balaban J connectivity index is 1.62. The van der Waals surface area contributed by atoms with Gasteiger partial charge in [-0.3, -0.25) is 0 Å². The molecule has 122 valence electrons. The SMILES string of the molecule is O=C(O)c1n[nH]nc1SC1CCC(c2cc(Cl)cc(Cl)c2)CC1. The number of hydrogen-bond acceptors (Lipinski definition) is 4. The molecule has 0 saturated heterocycles. The maximum atomic E-state index is 11.1. The highest BCUT2D eigenvalue weighted by atomic mass is 35.5. The molecule has 1 aliphatic carbocycles. The second-order valence-electron chi connectivity index (χ2n) is 5.58. The van der Waals surface area contributed by atoms with Gasteiger partial charge in [-0.1, -0.05) is 35.0 Å². The fraction of sp³-hybridized carbons (Fsp3) is 0.400. The normalized spacial score (nSPS) is 21.3. The second kappa shape index (κ2) is 7.11. The third-order valence-electron chi connectivity index (χ3n) is 4.03. The van der Waals surface area contributed by atoms with E-state index in [2.05, 4.69) is 15.4 Å². The van der Waals surface area contributed by atoms with Gasteiger partial charge in [0.15, 0.2) is 5.03 Å². The second-order valence-corrected chi connectivity index (χ2v) is 7.74. The van der Waals surface area contributed by atoms with Gasteiger partial charge < -0.3 is 5.11 Å². The average Bonchev–Trinajstić information content (AvgIpc) is 2.95. The summed E-state index contributed by atoms with van der Waals surface area (Å²) in [5.41, 5.74) is 1.18. The zero-order valence-corrected chi connectivity index (χ0v) is 14.5. The maximum Gasteiger partial charge on any atom is 0.359 e. The van der Waals surface area contributed by atoms with E-state index in [9.17, 15) is 4.79 Å². The first-order valence-corrected chi connectivity index (χ1v) is 8.93. The largest absolute Gasteiger partial charge is 0.476 e. The molecule has 2 aromatic rings. The molecule has 2 N–H and O–H groups in total. The minimum Gasteiger partial charge on any atom is -0.476 e. The van der Waals surface area contributed by atoms with Crippen molar-refractivity contribution in [3.63, 3.8) is 0 Å². The predicted octanol–water partition coefficient (Wildman–Crippen LogP) is 4.63. The van der Waals surface area contributed by atoms with Crippen molar-refractivity contribution in [1.82, 2.24) is 15.4 Å². The summed E-state index contributed by atoms with van der Waals surface area (Å²) >= 11 is 13.6. The van der Waals surface area contributed by atoms with Gasteiger partial charge in [-0.25, -0.2) is 4.79 Å². The molecule has 1 saturated carbocycles. The lowest BCUT2D eigenvalue weighted by atomic mass is 9.84. The van der Waals surface area contributed by atoms with E-state index in [4.69, 9.17) is 28.3 Å². The van der Waals surface area contributed by atoms with Crippen molar-refractivity contribution >= 4 is 40.9 Å². The summed E-state index contributed by atoms with van der Waals surface area (Å²) in [6.45, 7) is 0. The topological polar surface area (TPSA) is 78.9 Å². The van der Waals surface area contributed by atoms with Gasteiger partial charge in [-0.15, -0.1) is 10.2 Å². The molecule has 3 rings (SSSR count). The molecule has 0 unspecified atom stereocenters. The number of carboxylic acids is 1. The van der Waals surface area contributed by atoms with Crippen LogP contribution in [0.5, 0.6) is 0 Å². The fourth-order valence-electron chi connectivity index (χ4n) is 2.93. The summed E-state index contributed by atoms with van der Waals surface area (Å²) in [4.78, 5) is 11.1. The zero-order valence-electron chi connectivity index (χ0n) is 12.1. The number of nitrogens with one attached hydrogen (secondary N) is 1. The Morgan fingerprint density at radius 1 is 1.13 bits per heavy atom. The Bertz CT molecular complexity index is 694. The van der Waals surface area contributed by atoms with Crippen LogP contribution in [0.2, 0.25) is 10.0 Å². The molecule has 1 aliphatic rings. The monoisotopic (exact) mass is 371 g/mol. The average molecular weight is 372 g/mol. The Morgan fingerprint density at radius 3 is 2.39 bits per heavy atom. The highest BCUT2D eigenvalue weighted by Crippen LogP contribution is 2.41. The summed E-state index contributed by atoms with van der Waals surface area (Å²) in [5.74, 6) is -0.609. The number of aromatic carboxylic acids is 1. The number of hydrogen-bond donors (Lipinski definition) is 2. The Morgan fingerprint density at radius 2 is 1.78 bits per heavy atom. The summed E-state index contributed by atoms with van der Waals surface area (Å²) in [5, 5.41) is 21.2. The number of H-pyrrole nitrogens is 1. The van der Waals surface area contributed by atoms with E-state index in [-0.39, 0.29) is 5.69 Å². The molecule has 0 amide bonds. The summed E-state index contributed by atoms with van der Waals surface area (Å²) in [6.07, 6.45) is 4.03. The number of thioether (sulfide) groups is 1. The van der Waals surface area contributed by atoms with E-state index in [0.717, 1.165) is 25.7 Å². The van der Waals surface area contributed by atoms with E-state index in [1.54, 1.807) is 6.07 Å². The number of benzene rings is 1. The minimum atomic E-state index is -1.05. The number of rotatable bonds is 4. The van der Waals surface area contributed by atoms with Crippen LogP contribution in [0.1, 0.15) is 47.7 Å². The smallest absolute Gasteiger partial charge is 0.359 e. The zero-order chi connectivity index (χ0) is 16.4. The molecule has 0 atom stereocenters. The third kappa shape index (κ3) is 4.00. The molecule has 1 heterocycles. The van der Waals surface area contributed by atoms with E-state index >= 15 is 0 Å². The van der Waals surface area contributed by atoms with Crippen LogP contribution in [0.4, 0.5) is 0 Å². The van der Waals surface area contributed by atoms with Crippen molar-refractivity contribution in [2.24, 2.45) is 0 Å². The molecule has 1 aromatic carbocycles. The standard InChI is InChI=1S/C15H15Cl2N3O2S/c16-10-5-9(6-11(17)7-10)8-1-3-12(4-2-8)23-14-13(15(21)22)18-20-19-14/h5-8,12H,1-4H2,(H,21,22)(H,18,19,20). The van der Waals surface area contributed by atoms with Crippen LogP contribution in [-0.4, -0.2) is 31.7 Å². The van der Waals surface area contributed by atoms with Crippen LogP contribution >= 0.6 is 35.0 Å². The molecule has 0 spiro atoms. The molecule has 23 heavy (non-hydrogen) atoms. The van der Waals surface area contributed by atoms with Crippen LogP contribution in [-0.2, 0) is 0 Å². The summed E-state index contributed by atoms with van der Waals surface area (Å²) in [7, 11) is 0. The highest BCUT2D eigenvalue weighted by molar-refractivity contribution is 7.99. The Kier molecular flexibility index (Phi) is 5.14. The number of carbonyl (C=O) groups is 1. The third-order valence-corrected chi connectivity index (χ3v) is 5.78. The fourth-order valence-corrected chi connectivity index (χ4v) is 4.63. The van der Waals surface area contributed by atoms with Crippen LogP contribution in [0, 0.1) is 0 Å². The molecule has 0 aliphatic heterocycles. The van der Waals surface area contributed by atoms with Gasteiger partial charge in [0.05, 0.1) is 0 Å². The highest BCUT2D eigenvalue weighted by Gasteiger charge is 2.26. The molecule has 5 nitrogen and oxygen atoms in total. The van der Waals surface area contributed by atoms with Gasteiger partial charge in [0.2, 0.25) is 5.69 Å². The lowest BCUT2D eigenvalue weighted by Crippen LogP contribution is -2.15. The van der Waals surface area contributed by atoms with Gasteiger partial charge >= 0.3 is 5.97 Å². The van der Waals surface area contributed by atoms with E-state index in [1.165, 1.54) is 17.3 Å². The first kappa shape index (κ1) is 16.6. The van der Waals surface area contributed by atoms with Crippen LogP contribution in [0.25, 0.3) is 0 Å². The van der Waals surface area contributed by atoms with Crippen molar-refractivity contribution < 1.29 is 9.90 Å². The van der Waals surface area contributed by atoms with Gasteiger partial charge in [0, 0.05) is 15.3 Å². The van der Waals surface area contributed by atoms with E-state index < -0.39 is 5.97 Å². The molecule has 8 heteroatoms. The first-order valence-electron chi connectivity index (χ1n) is 7.29. The number of carboxylic acid groups (broad SMARTS) is 1. The van der Waals surface area contributed by atoms with Gasteiger partial charge in [-0.05, 0) is 55.4 Å². The van der Waals surface area contributed by atoms with Crippen LogP contribution in [0.15, 0.2) is 23.2 Å². The number of aromatic amines is 1. The number of halogens is 2. The van der Waals surface area contributed by atoms with Crippen molar-refractivity contribution in [2.75, 3.05) is 0 Å². The Labute approximate surface area is 147 Å². The lowest BCUT2D eigenvalue weighted by Gasteiger charge is -2.28. The quantitative estimate of drug-likeness (QED) is 0.818. The van der Waals surface area contributed by atoms with E-state index in [0.29, 0.717) is 26.2 Å². The summed E-state index contributed by atoms with van der Waals surface area (Å²) in [6, 6.07) is 5.70. The van der Waals surface area contributed by atoms with Crippen LogP contribution in [0.3, 0.4) is 0 Å². The minimum absolute atomic E-state index is 0.00116.